The molecule has 4 aliphatic carbocycles. The quantitative estimate of drug-likeness (QED) is 0.366. The molecule has 4 bridgehead atoms. The molecule has 2 unspecified atom stereocenters. The van der Waals surface area contributed by atoms with Crippen LogP contribution in [0.15, 0.2) is 48.5 Å². The second-order valence-electron chi connectivity index (χ2n) is 12.0. The Morgan fingerprint density at radius 2 is 1.30 bits per heavy atom. The van der Waals surface area contributed by atoms with E-state index in [1.165, 1.54) is 43.2 Å². The largest absolute Gasteiger partial charge is 0.508 e. The summed E-state index contributed by atoms with van der Waals surface area (Å²) in [6.07, 6.45) is 8.65. The summed E-state index contributed by atoms with van der Waals surface area (Å²) in [6.45, 7) is 10.9. The molecule has 4 nitrogen and oxygen atoms in total. The van der Waals surface area contributed by atoms with Gasteiger partial charge in [0.1, 0.15) is 17.1 Å². The van der Waals surface area contributed by atoms with E-state index in [1.807, 2.05) is 24.3 Å². The topological polar surface area (TPSA) is 55.8 Å². The number of hydrogen-bond donors (Lipinski definition) is 1. The standard InChI is InChI=1S/C23H32O3.C10H14O/c1-4-15(2)18-5-7-21(8-6-18)25-14-22(24)26-23(3)19-10-16-9-17(12-19)13-20(23)11-16;1-3-8(2)9-4-6-10(11)7-5-9/h5-8,15-17,19-20H,4,9-14H2,1-3H3;4-8,11H,3H2,1-2H3. The lowest BCUT2D eigenvalue weighted by Crippen LogP contribution is -2.58. The molecule has 0 spiro atoms. The third kappa shape index (κ3) is 6.51. The van der Waals surface area contributed by atoms with Crippen LogP contribution in [0.25, 0.3) is 0 Å². The first-order valence-electron chi connectivity index (χ1n) is 14.4. The fourth-order valence-electron chi connectivity index (χ4n) is 6.87. The van der Waals surface area contributed by atoms with E-state index in [0.29, 0.717) is 29.4 Å². The number of rotatable bonds is 8. The number of phenolic OH excluding ortho intramolecular Hbond substituents is 1. The van der Waals surface area contributed by atoms with Gasteiger partial charge in [-0.15, -0.1) is 0 Å². The second kappa shape index (κ2) is 11.9. The molecule has 0 amide bonds. The molecule has 0 aromatic heterocycles. The molecule has 37 heavy (non-hydrogen) atoms. The van der Waals surface area contributed by atoms with Crippen LogP contribution in [0.1, 0.15) is 103 Å². The Kier molecular flexibility index (Phi) is 8.87. The van der Waals surface area contributed by atoms with Crippen molar-refractivity contribution in [1.29, 1.82) is 0 Å². The predicted octanol–water partition coefficient (Wildman–Crippen LogP) is 8.24. The number of carbonyl (C=O) groups is 1. The normalized spacial score (nSPS) is 29.1. The molecule has 4 saturated carbocycles. The number of aromatic hydroxyl groups is 1. The maximum absolute atomic E-state index is 12.5. The third-order valence-electron chi connectivity index (χ3n) is 9.59. The summed E-state index contributed by atoms with van der Waals surface area (Å²) in [4.78, 5) is 12.5. The number of ether oxygens (including phenoxy) is 2. The molecule has 0 heterocycles. The molecular weight excluding hydrogens is 460 g/mol. The van der Waals surface area contributed by atoms with Gasteiger partial charge in [0.2, 0.25) is 0 Å². The van der Waals surface area contributed by atoms with Crippen molar-refractivity contribution in [3.8, 4) is 11.5 Å². The summed E-state index contributed by atoms with van der Waals surface area (Å²) in [5.74, 6) is 4.87. The van der Waals surface area contributed by atoms with Crippen LogP contribution in [-0.2, 0) is 9.53 Å². The molecule has 0 radical (unpaired) electrons. The summed E-state index contributed by atoms with van der Waals surface area (Å²) in [5.41, 5.74) is 2.34. The molecule has 0 saturated heterocycles. The highest BCUT2D eigenvalue weighted by Crippen LogP contribution is 2.59. The molecule has 2 aromatic rings. The van der Waals surface area contributed by atoms with E-state index in [2.05, 4.69) is 46.8 Å². The number of phenols is 1. The molecule has 2 atom stereocenters. The molecular formula is C33H46O4. The average Bonchev–Trinajstić information content (AvgIpc) is 2.90. The first kappa shape index (κ1) is 27.5. The SMILES string of the molecule is CCC(C)c1ccc(O)cc1.CCC(C)c1ccc(OCC(=O)OC2(C)C3CC4CC(C3)CC2C4)cc1. The number of esters is 1. The monoisotopic (exact) mass is 506 g/mol. The van der Waals surface area contributed by atoms with Crippen LogP contribution in [0, 0.1) is 23.7 Å². The first-order chi connectivity index (χ1) is 17.7. The van der Waals surface area contributed by atoms with Crippen molar-refractivity contribution < 1.29 is 19.4 Å². The Morgan fingerprint density at radius 3 is 1.76 bits per heavy atom. The molecule has 4 heteroatoms. The van der Waals surface area contributed by atoms with Crippen molar-refractivity contribution in [3.63, 3.8) is 0 Å². The van der Waals surface area contributed by atoms with E-state index in [1.54, 1.807) is 12.1 Å². The maximum Gasteiger partial charge on any atom is 0.344 e. The van der Waals surface area contributed by atoms with Gasteiger partial charge in [0.05, 0.1) is 0 Å². The Hall–Kier alpha value is -2.49. The average molecular weight is 507 g/mol. The number of hydrogen-bond acceptors (Lipinski definition) is 4. The van der Waals surface area contributed by atoms with Crippen molar-refractivity contribution in [3.05, 3.63) is 59.7 Å². The number of carbonyl (C=O) groups excluding carboxylic acids is 1. The lowest BCUT2D eigenvalue weighted by atomic mass is 9.50. The summed E-state index contributed by atoms with van der Waals surface area (Å²) in [5, 5.41) is 9.01. The smallest absolute Gasteiger partial charge is 0.344 e. The zero-order valence-electron chi connectivity index (χ0n) is 23.4. The van der Waals surface area contributed by atoms with Crippen molar-refractivity contribution in [1.82, 2.24) is 0 Å². The van der Waals surface area contributed by atoms with Crippen LogP contribution in [0.5, 0.6) is 11.5 Å². The molecule has 4 fully saturated rings. The molecule has 4 aliphatic rings. The fourth-order valence-corrected chi connectivity index (χ4v) is 6.87. The van der Waals surface area contributed by atoms with Gasteiger partial charge in [0.25, 0.3) is 0 Å². The summed E-state index contributed by atoms with van der Waals surface area (Å²) >= 11 is 0. The van der Waals surface area contributed by atoms with E-state index in [-0.39, 0.29) is 18.2 Å². The van der Waals surface area contributed by atoms with Gasteiger partial charge in [-0.2, -0.15) is 0 Å². The summed E-state index contributed by atoms with van der Waals surface area (Å²) in [7, 11) is 0. The molecule has 0 aliphatic heterocycles. The van der Waals surface area contributed by atoms with Gasteiger partial charge in [0, 0.05) is 0 Å². The zero-order chi connectivity index (χ0) is 26.6. The van der Waals surface area contributed by atoms with Gasteiger partial charge in [-0.25, -0.2) is 4.79 Å². The van der Waals surface area contributed by atoms with Crippen molar-refractivity contribution >= 4 is 5.97 Å². The van der Waals surface area contributed by atoms with Crippen molar-refractivity contribution in [2.75, 3.05) is 6.61 Å². The van der Waals surface area contributed by atoms with E-state index >= 15 is 0 Å². The van der Waals surface area contributed by atoms with E-state index < -0.39 is 0 Å². The van der Waals surface area contributed by atoms with Gasteiger partial charge >= 0.3 is 5.97 Å². The number of benzene rings is 2. The lowest BCUT2D eigenvalue weighted by molar-refractivity contribution is -0.204. The third-order valence-corrected chi connectivity index (χ3v) is 9.59. The minimum Gasteiger partial charge on any atom is -0.508 e. The van der Waals surface area contributed by atoms with Gasteiger partial charge < -0.3 is 14.6 Å². The summed E-state index contributed by atoms with van der Waals surface area (Å²) in [6, 6.07) is 15.5. The van der Waals surface area contributed by atoms with Gasteiger partial charge in [-0.3, -0.25) is 0 Å². The first-order valence-corrected chi connectivity index (χ1v) is 14.4. The maximum atomic E-state index is 12.5. The van der Waals surface area contributed by atoms with Crippen molar-refractivity contribution in [2.45, 2.75) is 97.0 Å². The van der Waals surface area contributed by atoms with E-state index in [0.717, 1.165) is 30.4 Å². The molecule has 1 N–H and O–H groups in total. The highest BCUT2D eigenvalue weighted by atomic mass is 16.6. The Bertz CT molecular complexity index is 982. The second-order valence-corrected chi connectivity index (χ2v) is 12.0. The molecule has 2 aromatic carbocycles. The van der Waals surface area contributed by atoms with E-state index in [4.69, 9.17) is 14.6 Å². The minimum atomic E-state index is -0.270. The van der Waals surface area contributed by atoms with E-state index in [9.17, 15) is 4.79 Å². The van der Waals surface area contributed by atoms with Gasteiger partial charge in [0.15, 0.2) is 6.61 Å². The van der Waals surface area contributed by atoms with Gasteiger partial charge in [-0.05, 0) is 123 Å². The molecule has 202 valence electrons. The summed E-state index contributed by atoms with van der Waals surface area (Å²) < 4.78 is 11.8. The van der Waals surface area contributed by atoms with Crippen LogP contribution in [-0.4, -0.2) is 23.3 Å². The van der Waals surface area contributed by atoms with Crippen LogP contribution in [0.2, 0.25) is 0 Å². The Labute approximate surface area is 223 Å². The van der Waals surface area contributed by atoms with Crippen LogP contribution in [0.3, 0.4) is 0 Å². The Balaban J connectivity index is 0.000000245. The molecule has 6 rings (SSSR count). The van der Waals surface area contributed by atoms with Crippen LogP contribution < -0.4 is 4.74 Å². The predicted molar refractivity (Wildman–Crippen MR) is 149 cm³/mol. The zero-order valence-corrected chi connectivity index (χ0v) is 23.4. The fraction of sp³-hybridized carbons (Fsp3) is 0.606. The van der Waals surface area contributed by atoms with Gasteiger partial charge in [-0.1, -0.05) is 52.0 Å². The van der Waals surface area contributed by atoms with Crippen molar-refractivity contribution in [2.24, 2.45) is 23.7 Å². The van der Waals surface area contributed by atoms with Crippen LogP contribution in [0.4, 0.5) is 0 Å². The lowest BCUT2D eigenvalue weighted by Gasteiger charge is -2.59. The minimum absolute atomic E-state index is 0.00453. The Morgan fingerprint density at radius 1 is 0.838 bits per heavy atom. The highest BCUT2D eigenvalue weighted by Gasteiger charge is 2.57. The van der Waals surface area contributed by atoms with Crippen LogP contribution >= 0.6 is 0 Å². The highest BCUT2D eigenvalue weighted by molar-refractivity contribution is 5.71.